The zero-order valence-electron chi connectivity index (χ0n) is 14.5. The maximum atomic E-state index is 12.8. The average molecular weight is 573 g/mol. The SMILES string of the molecule is Fc1c[c-]c(-c2nnc(-c3ccc(F)cc3)o2)cc1.O=C(O)c1ccccn1.[Ir]. The molecule has 149 valence electrons. The van der Waals surface area contributed by atoms with Crippen LogP contribution >= 0.6 is 0 Å². The molecule has 29 heavy (non-hydrogen) atoms. The van der Waals surface area contributed by atoms with Crippen LogP contribution in [0.1, 0.15) is 10.5 Å². The molecular formula is C20H12F2IrN3O3-. The van der Waals surface area contributed by atoms with Crippen molar-refractivity contribution in [1.82, 2.24) is 15.2 Å². The zero-order valence-corrected chi connectivity index (χ0v) is 16.9. The molecule has 0 fully saturated rings. The van der Waals surface area contributed by atoms with Gasteiger partial charge in [0.05, 0.1) is 0 Å². The molecule has 4 aromatic rings. The molecule has 6 nitrogen and oxygen atoms in total. The van der Waals surface area contributed by atoms with Crippen molar-refractivity contribution in [1.29, 1.82) is 0 Å². The Morgan fingerprint density at radius 1 is 0.931 bits per heavy atom. The summed E-state index contributed by atoms with van der Waals surface area (Å²) in [7, 11) is 0. The van der Waals surface area contributed by atoms with Gasteiger partial charge in [-0.2, -0.15) is 5.10 Å². The molecule has 0 aliphatic rings. The summed E-state index contributed by atoms with van der Waals surface area (Å²) in [5.41, 5.74) is 1.20. The molecule has 0 unspecified atom stereocenters. The number of pyridine rings is 1. The molecule has 2 aromatic carbocycles. The summed E-state index contributed by atoms with van der Waals surface area (Å²) in [4.78, 5) is 13.7. The second-order valence-electron chi connectivity index (χ2n) is 5.36. The third kappa shape index (κ3) is 6.10. The quantitative estimate of drug-likeness (QED) is 0.369. The minimum Gasteiger partial charge on any atom is -0.477 e. The van der Waals surface area contributed by atoms with E-state index in [9.17, 15) is 13.6 Å². The topological polar surface area (TPSA) is 89.1 Å². The number of aromatic nitrogens is 3. The van der Waals surface area contributed by atoms with E-state index >= 15 is 0 Å². The summed E-state index contributed by atoms with van der Waals surface area (Å²) in [5.74, 6) is -1.21. The van der Waals surface area contributed by atoms with Gasteiger partial charge in [0.15, 0.2) is 5.89 Å². The van der Waals surface area contributed by atoms with E-state index in [4.69, 9.17) is 9.52 Å². The average Bonchev–Trinajstić information content (AvgIpc) is 3.20. The summed E-state index contributed by atoms with van der Waals surface area (Å²) in [6.07, 6.45) is 1.45. The fourth-order valence-electron chi connectivity index (χ4n) is 2.07. The smallest absolute Gasteiger partial charge is 0.354 e. The zero-order chi connectivity index (χ0) is 19.9. The van der Waals surface area contributed by atoms with Gasteiger partial charge in [0.1, 0.15) is 11.5 Å². The Labute approximate surface area is 177 Å². The van der Waals surface area contributed by atoms with E-state index in [0.717, 1.165) is 0 Å². The van der Waals surface area contributed by atoms with E-state index in [1.807, 2.05) is 0 Å². The molecule has 2 heterocycles. The van der Waals surface area contributed by atoms with Crippen molar-refractivity contribution in [3.05, 3.63) is 90.3 Å². The van der Waals surface area contributed by atoms with Crippen LogP contribution in [0.4, 0.5) is 8.78 Å². The molecule has 0 bridgehead atoms. The third-order valence-electron chi connectivity index (χ3n) is 3.41. The number of hydrogen-bond acceptors (Lipinski definition) is 5. The Kier molecular flexibility index (Phi) is 7.82. The molecule has 0 aliphatic heterocycles. The molecule has 0 saturated carbocycles. The van der Waals surface area contributed by atoms with Gasteiger partial charge < -0.3 is 9.52 Å². The summed E-state index contributed by atoms with van der Waals surface area (Å²) in [6.45, 7) is 0. The third-order valence-corrected chi connectivity index (χ3v) is 3.41. The summed E-state index contributed by atoms with van der Waals surface area (Å²) in [5, 5.41) is 16.0. The molecule has 9 heteroatoms. The first-order valence-corrected chi connectivity index (χ1v) is 7.94. The number of rotatable bonds is 3. The maximum Gasteiger partial charge on any atom is 0.354 e. The van der Waals surface area contributed by atoms with Crippen LogP contribution in [0.5, 0.6) is 0 Å². The monoisotopic (exact) mass is 573 g/mol. The van der Waals surface area contributed by atoms with Gasteiger partial charge in [-0.1, -0.05) is 11.6 Å². The first-order valence-electron chi connectivity index (χ1n) is 7.94. The second-order valence-corrected chi connectivity index (χ2v) is 5.36. The number of halogens is 2. The van der Waals surface area contributed by atoms with Crippen LogP contribution in [0.2, 0.25) is 0 Å². The van der Waals surface area contributed by atoms with E-state index in [2.05, 4.69) is 21.2 Å². The van der Waals surface area contributed by atoms with Crippen molar-refractivity contribution in [3.8, 4) is 22.9 Å². The van der Waals surface area contributed by atoms with Crippen molar-refractivity contribution < 1.29 is 43.2 Å². The molecule has 4 rings (SSSR count). The predicted molar refractivity (Wildman–Crippen MR) is 95.1 cm³/mol. The minimum atomic E-state index is -0.990. The van der Waals surface area contributed by atoms with Crippen LogP contribution in [0, 0.1) is 17.7 Å². The Hall–Kier alpha value is -3.29. The molecule has 2 aromatic heterocycles. The van der Waals surface area contributed by atoms with E-state index in [1.54, 1.807) is 24.3 Å². The molecule has 1 radical (unpaired) electrons. The van der Waals surface area contributed by atoms with Gasteiger partial charge in [-0.3, -0.25) is 4.39 Å². The van der Waals surface area contributed by atoms with Crippen LogP contribution < -0.4 is 0 Å². The normalized spacial score (nSPS) is 9.72. The number of nitrogens with zero attached hydrogens (tertiary/aromatic N) is 3. The van der Waals surface area contributed by atoms with Gasteiger partial charge in [0, 0.05) is 37.7 Å². The largest absolute Gasteiger partial charge is 0.477 e. The van der Waals surface area contributed by atoms with Crippen LogP contribution in [0.3, 0.4) is 0 Å². The van der Waals surface area contributed by atoms with Gasteiger partial charge in [0.2, 0.25) is 5.89 Å². The van der Waals surface area contributed by atoms with Crippen molar-refractivity contribution >= 4 is 5.97 Å². The van der Waals surface area contributed by atoms with Crippen LogP contribution in [0.15, 0.2) is 71.3 Å². The summed E-state index contributed by atoms with van der Waals surface area (Å²) >= 11 is 0. The molecule has 0 atom stereocenters. The minimum absolute atomic E-state index is 0. The molecular weight excluding hydrogens is 560 g/mol. The van der Waals surface area contributed by atoms with Crippen LogP contribution in [-0.4, -0.2) is 26.3 Å². The number of benzene rings is 2. The van der Waals surface area contributed by atoms with Gasteiger partial charge in [-0.05, 0) is 36.4 Å². The van der Waals surface area contributed by atoms with Crippen LogP contribution in [0.25, 0.3) is 22.9 Å². The standard InChI is InChI=1S/C14H7F2N2O.C6H5NO2.Ir/c15-11-5-1-9(2-6-11)13-17-18-14(19-13)10-3-7-12(16)8-4-10;8-6(9)5-3-1-2-4-7-5;/h1-3,5-8H;1-4H,(H,8,9);/q-1;;. The van der Waals surface area contributed by atoms with Crippen LogP contribution in [-0.2, 0) is 20.1 Å². The molecule has 0 spiro atoms. The first kappa shape index (κ1) is 22.0. The van der Waals surface area contributed by atoms with Crippen molar-refractivity contribution in [2.45, 2.75) is 0 Å². The molecule has 0 amide bonds. The van der Waals surface area contributed by atoms with Gasteiger partial charge >= 0.3 is 5.97 Å². The van der Waals surface area contributed by atoms with Crippen molar-refractivity contribution in [2.75, 3.05) is 0 Å². The van der Waals surface area contributed by atoms with E-state index < -0.39 is 5.97 Å². The molecule has 0 saturated heterocycles. The number of aromatic carboxylic acids is 1. The van der Waals surface area contributed by atoms with E-state index in [1.165, 1.54) is 42.6 Å². The van der Waals surface area contributed by atoms with Gasteiger partial charge in [-0.25, -0.2) is 14.2 Å². The van der Waals surface area contributed by atoms with Gasteiger partial charge in [-0.15, -0.1) is 29.4 Å². The fraction of sp³-hybridized carbons (Fsp3) is 0. The van der Waals surface area contributed by atoms with E-state index in [0.29, 0.717) is 11.1 Å². The second kappa shape index (κ2) is 10.3. The maximum absolute atomic E-state index is 12.8. The Balaban J connectivity index is 0.000000255. The van der Waals surface area contributed by atoms with Gasteiger partial charge in [0.25, 0.3) is 0 Å². The first-order chi connectivity index (χ1) is 13.5. The van der Waals surface area contributed by atoms with E-state index in [-0.39, 0.29) is 49.2 Å². The Bertz CT molecular complexity index is 997. The van der Waals surface area contributed by atoms with Crippen molar-refractivity contribution in [3.63, 3.8) is 0 Å². The number of carbonyl (C=O) groups is 1. The number of carboxylic acids is 1. The fourth-order valence-corrected chi connectivity index (χ4v) is 2.07. The molecule has 0 aliphatic carbocycles. The molecule has 1 N–H and O–H groups in total. The summed E-state index contributed by atoms with van der Waals surface area (Å²) < 4.78 is 31.0. The number of carboxylic acid groups (broad SMARTS) is 1. The van der Waals surface area contributed by atoms with Crippen molar-refractivity contribution in [2.24, 2.45) is 0 Å². The number of hydrogen-bond donors (Lipinski definition) is 1. The predicted octanol–water partition coefficient (Wildman–Crippen LogP) is 4.26. The summed E-state index contributed by atoms with van der Waals surface area (Å²) in [6, 6.07) is 17.1. The Morgan fingerprint density at radius 3 is 2.17 bits per heavy atom. The Morgan fingerprint density at radius 2 is 1.62 bits per heavy atom.